The minimum Gasteiger partial charge on any atom is -0.619 e. The van der Waals surface area contributed by atoms with Crippen LogP contribution in [0, 0.1) is 5.21 Å². The van der Waals surface area contributed by atoms with E-state index in [1.807, 2.05) is 58.7 Å². The first-order valence-electron chi connectivity index (χ1n) is 8.74. The molecule has 4 rings (SSSR count). The molecule has 140 valence electrons. The molecule has 6 nitrogen and oxygen atoms in total. The summed E-state index contributed by atoms with van der Waals surface area (Å²) in [5.74, 6) is -0.213. The lowest BCUT2D eigenvalue weighted by Gasteiger charge is -2.16. The molecule has 0 N–H and O–H groups in total. The van der Waals surface area contributed by atoms with E-state index in [2.05, 4.69) is 0 Å². The fourth-order valence-electron chi connectivity index (χ4n) is 2.99. The van der Waals surface area contributed by atoms with Crippen molar-refractivity contribution in [2.75, 3.05) is 7.05 Å². The molecule has 0 aliphatic carbocycles. The van der Waals surface area contributed by atoms with E-state index in [4.69, 9.17) is 5.10 Å². The number of rotatable bonds is 5. The Morgan fingerprint density at radius 2 is 2.00 bits per heavy atom. The standard InChI is InChI=1S/C21H18N4O2S/c1-23(21(26)16-7-5-11-24(27)14-16)13-17-15-25(18-8-3-2-4-9-18)22-20(17)19-10-6-12-28-19/h2-12,14-15H,13H2,1H3. The lowest BCUT2D eigenvalue weighted by Crippen LogP contribution is -2.31. The lowest BCUT2D eigenvalue weighted by molar-refractivity contribution is -0.605. The number of hydrogen-bond acceptors (Lipinski definition) is 4. The summed E-state index contributed by atoms with van der Waals surface area (Å²) in [6.45, 7) is 0.382. The zero-order valence-electron chi connectivity index (χ0n) is 15.2. The third-order valence-electron chi connectivity index (χ3n) is 4.34. The number of aromatic nitrogens is 3. The molecule has 3 heterocycles. The van der Waals surface area contributed by atoms with Gasteiger partial charge >= 0.3 is 0 Å². The summed E-state index contributed by atoms with van der Waals surface area (Å²) in [5.41, 5.74) is 3.10. The molecule has 28 heavy (non-hydrogen) atoms. The summed E-state index contributed by atoms with van der Waals surface area (Å²) in [6.07, 6.45) is 4.59. The maximum Gasteiger partial charge on any atom is 0.260 e. The predicted octanol–water partition coefficient (Wildman–Crippen LogP) is 3.51. The van der Waals surface area contributed by atoms with E-state index < -0.39 is 0 Å². The Labute approximate surface area is 166 Å². The summed E-state index contributed by atoms with van der Waals surface area (Å²) in [6, 6.07) is 17.1. The number of carbonyl (C=O) groups excluding carboxylic acids is 1. The van der Waals surface area contributed by atoms with Gasteiger partial charge in [-0.3, -0.25) is 4.79 Å². The van der Waals surface area contributed by atoms with Crippen LogP contribution >= 0.6 is 11.3 Å². The first-order chi connectivity index (χ1) is 13.6. The first kappa shape index (κ1) is 17.9. The largest absolute Gasteiger partial charge is 0.619 e. The monoisotopic (exact) mass is 390 g/mol. The quantitative estimate of drug-likeness (QED) is 0.387. The summed E-state index contributed by atoms with van der Waals surface area (Å²) in [4.78, 5) is 15.4. The fourth-order valence-corrected chi connectivity index (χ4v) is 3.73. The van der Waals surface area contributed by atoms with Crippen LogP contribution in [0.4, 0.5) is 0 Å². The van der Waals surface area contributed by atoms with Crippen LogP contribution in [-0.2, 0) is 6.54 Å². The molecule has 3 aromatic heterocycles. The smallest absolute Gasteiger partial charge is 0.260 e. The predicted molar refractivity (Wildman–Crippen MR) is 108 cm³/mol. The highest BCUT2D eigenvalue weighted by Crippen LogP contribution is 2.28. The molecule has 0 saturated heterocycles. The highest BCUT2D eigenvalue weighted by Gasteiger charge is 2.19. The lowest BCUT2D eigenvalue weighted by atomic mass is 10.2. The van der Waals surface area contributed by atoms with Crippen LogP contribution in [0.3, 0.4) is 0 Å². The van der Waals surface area contributed by atoms with Crippen molar-refractivity contribution < 1.29 is 9.52 Å². The second kappa shape index (κ2) is 7.66. The van der Waals surface area contributed by atoms with Gasteiger partial charge < -0.3 is 10.1 Å². The van der Waals surface area contributed by atoms with Gasteiger partial charge in [-0.1, -0.05) is 24.3 Å². The summed E-state index contributed by atoms with van der Waals surface area (Å²) in [7, 11) is 1.72. The van der Waals surface area contributed by atoms with Crippen LogP contribution in [0.5, 0.6) is 0 Å². The van der Waals surface area contributed by atoms with E-state index in [0.717, 1.165) is 21.8 Å². The number of amides is 1. The van der Waals surface area contributed by atoms with Crippen molar-refractivity contribution in [1.82, 2.24) is 14.7 Å². The Morgan fingerprint density at radius 3 is 2.71 bits per heavy atom. The molecular weight excluding hydrogens is 372 g/mol. The molecule has 4 aromatic rings. The number of thiophene rings is 1. The van der Waals surface area contributed by atoms with Crippen LogP contribution in [0.25, 0.3) is 16.3 Å². The average Bonchev–Trinajstić information content (AvgIpc) is 3.38. The van der Waals surface area contributed by atoms with Crippen LogP contribution in [0.1, 0.15) is 15.9 Å². The van der Waals surface area contributed by atoms with Crippen molar-refractivity contribution in [2.24, 2.45) is 0 Å². The van der Waals surface area contributed by atoms with Gasteiger partial charge in [-0.05, 0) is 29.6 Å². The van der Waals surface area contributed by atoms with E-state index in [1.54, 1.807) is 35.4 Å². The second-order valence-corrected chi connectivity index (χ2v) is 7.32. The highest BCUT2D eigenvalue weighted by molar-refractivity contribution is 7.13. The van der Waals surface area contributed by atoms with Crippen LogP contribution in [-0.4, -0.2) is 27.6 Å². The highest BCUT2D eigenvalue weighted by atomic mass is 32.1. The van der Waals surface area contributed by atoms with Gasteiger partial charge in [0.15, 0.2) is 12.4 Å². The van der Waals surface area contributed by atoms with Gasteiger partial charge in [-0.25, -0.2) is 4.68 Å². The minimum atomic E-state index is -0.213. The summed E-state index contributed by atoms with van der Waals surface area (Å²) >= 11 is 1.61. The summed E-state index contributed by atoms with van der Waals surface area (Å²) < 4.78 is 2.46. The Morgan fingerprint density at radius 1 is 1.18 bits per heavy atom. The molecule has 0 fully saturated rings. The number of carbonyl (C=O) groups is 1. The van der Waals surface area contributed by atoms with Gasteiger partial charge in [-0.2, -0.15) is 9.83 Å². The molecule has 0 spiro atoms. The van der Waals surface area contributed by atoms with Crippen LogP contribution in [0.2, 0.25) is 0 Å². The van der Waals surface area contributed by atoms with E-state index in [1.165, 1.54) is 12.4 Å². The average molecular weight is 390 g/mol. The van der Waals surface area contributed by atoms with Crippen molar-refractivity contribution in [3.63, 3.8) is 0 Å². The van der Waals surface area contributed by atoms with Crippen molar-refractivity contribution in [1.29, 1.82) is 0 Å². The van der Waals surface area contributed by atoms with Gasteiger partial charge in [0.1, 0.15) is 11.3 Å². The van der Waals surface area contributed by atoms with E-state index >= 15 is 0 Å². The maximum atomic E-state index is 12.7. The third kappa shape index (κ3) is 3.65. The SMILES string of the molecule is CN(Cc1cn(-c2ccccc2)nc1-c1cccs1)C(=O)c1ccc[n+]([O-])c1. The second-order valence-electron chi connectivity index (χ2n) is 6.37. The number of pyridine rings is 1. The molecule has 1 amide bonds. The van der Waals surface area contributed by atoms with Crippen molar-refractivity contribution in [3.05, 3.63) is 94.9 Å². The Bertz CT molecular complexity index is 1090. The van der Waals surface area contributed by atoms with Crippen molar-refractivity contribution in [2.45, 2.75) is 6.54 Å². The normalized spacial score (nSPS) is 10.8. The fraction of sp³-hybridized carbons (Fsp3) is 0.0952. The van der Waals surface area contributed by atoms with Crippen LogP contribution < -0.4 is 4.73 Å². The number of nitrogens with zero attached hydrogens (tertiary/aromatic N) is 4. The Balaban J connectivity index is 1.66. The number of para-hydroxylation sites is 1. The molecule has 0 radical (unpaired) electrons. The van der Waals surface area contributed by atoms with Crippen molar-refractivity contribution in [3.8, 4) is 16.3 Å². The van der Waals surface area contributed by atoms with E-state index in [9.17, 15) is 10.0 Å². The third-order valence-corrected chi connectivity index (χ3v) is 5.22. The summed E-state index contributed by atoms with van der Waals surface area (Å²) in [5, 5.41) is 18.2. The molecule has 1 aromatic carbocycles. The van der Waals surface area contributed by atoms with Gasteiger partial charge in [-0.15, -0.1) is 11.3 Å². The minimum absolute atomic E-state index is 0.213. The van der Waals surface area contributed by atoms with Gasteiger partial charge in [0.2, 0.25) is 0 Å². The van der Waals surface area contributed by atoms with E-state index in [0.29, 0.717) is 16.8 Å². The molecule has 0 saturated carbocycles. The van der Waals surface area contributed by atoms with Crippen LogP contribution in [0.15, 0.2) is 78.6 Å². The molecule has 0 aliphatic heterocycles. The molecule has 0 aliphatic rings. The van der Waals surface area contributed by atoms with Crippen molar-refractivity contribution >= 4 is 17.2 Å². The molecule has 7 heteroatoms. The zero-order valence-corrected chi connectivity index (χ0v) is 16.0. The molecular formula is C21H18N4O2S. The molecule has 0 bridgehead atoms. The molecule has 0 unspecified atom stereocenters. The maximum absolute atomic E-state index is 12.7. The van der Waals surface area contributed by atoms with Gasteiger partial charge in [0.05, 0.1) is 10.6 Å². The molecule has 0 atom stereocenters. The number of hydrogen-bond donors (Lipinski definition) is 0. The zero-order chi connectivity index (χ0) is 19.5. The van der Waals surface area contributed by atoms with Gasteiger partial charge in [0.25, 0.3) is 5.91 Å². The Kier molecular flexibility index (Phi) is 4.90. The van der Waals surface area contributed by atoms with E-state index in [-0.39, 0.29) is 5.91 Å². The number of benzene rings is 1. The van der Waals surface area contributed by atoms with Gasteiger partial charge in [0, 0.05) is 31.4 Å². The first-order valence-corrected chi connectivity index (χ1v) is 9.62. The topological polar surface area (TPSA) is 65.1 Å². The Hall–Kier alpha value is -3.45.